The molecule has 0 atom stereocenters. The first-order valence-electron chi connectivity index (χ1n) is 7.15. The molecule has 0 aliphatic carbocycles. The van der Waals surface area contributed by atoms with Crippen LogP contribution in [0.4, 0.5) is 0 Å². The van der Waals surface area contributed by atoms with E-state index in [4.69, 9.17) is 18.6 Å². The molecule has 116 valence electrons. The maximum absolute atomic E-state index is 5.66. The molecule has 20 heavy (non-hydrogen) atoms. The SMILES string of the molecule is COCCOCCOCc1ccc(CNCC(C)C)o1. The highest BCUT2D eigenvalue weighted by atomic mass is 16.5. The Labute approximate surface area is 121 Å². The zero-order valence-electron chi connectivity index (χ0n) is 12.8. The van der Waals surface area contributed by atoms with Gasteiger partial charge >= 0.3 is 0 Å². The van der Waals surface area contributed by atoms with Crippen molar-refractivity contribution in [3.05, 3.63) is 23.7 Å². The first-order chi connectivity index (χ1) is 9.72. The zero-order chi connectivity index (χ0) is 14.6. The summed E-state index contributed by atoms with van der Waals surface area (Å²) in [5.74, 6) is 2.44. The van der Waals surface area contributed by atoms with Crippen molar-refractivity contribution < 1.29 is 18.6 Å². The summed E-state index contributed by atoms with van der Waals surface area (Å²) < 4.78 is 21.3. The van der Waals surface area contributed by atoms with Crippen LogP contribution in [0.25, 0.3) is 0 Å². The minimum atomic E-state index is 0.484. The van der Waals surface area contributed by atoms with Gasteiger partial charge in [0.2, 0.25) is 0 Å². The molecule has 0 bridgehead atoms. The summed E-state index contributed by atoms with van der Waals surface area (Å²) in [5.41, 5.74) is 0. The fourth-order valence-electron chi connectivity index (χ4n) is 1.61. The van der Waals surface area contributed by atoms with Gasteiger partial charge in [0.1, 0.15) is 18.1 Å². The van der Waals surface area contributed by atoms with Gasteiger partial charge < -0.3 is 23.9 Å². The molecule has 0 radical (unpaired) electrons. The molecule has 0 unspecified atom stereocenters. The molecule has 5 nitrogen and oxygen atoms in total. The van der Waals surface area contributed by atoms with Crippen LogP contribution < -0.4 is 5.32 Å². The lowest BCUT2D eigenvalue weighted by Crippen LogP contribution is -2.18. The van der Waals surface area contributed by atoms with Crippen molar-refractivity contribution in [2.75, 3.05) is 40.1 Å². The first-order valence-corrected chi connectivity index (χ1v) is 7.15. The lowest BCUT2D eigenvalue weighted by Gasteiger charge is -2.05. The van der Waals surface area contributed by atoms with Gasteiger partial charge in [0.15, 0.2) is 0 Å². The topological polar surface area (TPSA) is 52.9 Å². The molecule has 0 aliphatic rings. The summed E-state index contributed by atoms with van der Waals surface area (Å²) in [6.45, 7) is 8.96. The average molecular weight is 285 g/mol. The van der Waals surface area contributed by atoms with E-state index in [2.05, 4.69) is 19.2 Å². The van der Waals surface area contributed by atoms with Gasteiger partial charge in [-0.25, -0.2) is 0 Å². The van der Waals surface area contributed by atoms with Crippen molar-refractivity contribution in [3.8, 4) is 0 Å². The number of hydrogen-bond acceptors (Lipinski definition) is 5. The minimum Gasteiger partial charge on any atom is -0.462 e. The van der Waals surface area contributed by atoms with Crippen LogP contribution in [-0.2, 0) is 27.4 Å². The summed E-state index contributed by atoms with van der Waals surface area (Å²) >= 11 is 0. The van der Waals surface area contributed by atoms with E-state index < -0.39 is 0 Å². The molecule has 0 aliphatic heterocycles. The molecule has 5 heteroatoms. The van der Waals surface area contributed by atoms with E-state index in [1.165, 1.54) is 0 Å². The lowest BCUT2D eigenvalue weighted by molar-refractivity contribution is 0.0159. The van der Waals surface area contributed by atoms with Crippen molar-refractivity contribution in [2.45, 2.75) is 27.0 Å². The third-order valence-electron chi connectivity index (χ3n) is 2.62. The van der Waals surface area contributed by atoms with Crippen molar-refractivity contribution in [1.29, 1.82) is 0 Å². The third kappa shape index (κ3) is 8.32. The first kappa shape index (κ1) is 17.2. The molecule has 0 saturated carbocycles. The Kier molecular flexibility index (Phi) is 9.32. The van der Waals surface area contributed by atoms with E-state index in [-0.39, 0.29) is 0 Å². The summed E-state index contributed by atoms with van der Waals surface area (Å²) in [6, 6.07) is 3.94. The van der Waals surface area contributed by atoms with E-state index >= 15 is 0 Å². The second-order valence-corrected chi connectivity index (χ2v) is 5.05. The van der Waals surface area contributed by atoms with Gasteiger partial charge in [-0.15, -0.1) is 0 Å². The molecule has 1 N–H and O–H groups in total. The van der Waals surface area contributed by atoms with Gasteiger partial charge in [0, 0.05) is 7.11 Å². The van der Waals surface area contributed by atoms with Gasteiger partial charge in [-0.2, -0.15) is 0 Å². The number of furan rings is 1. The lowest BCUT2D eigenvalue weighted by atomic mass is 10.2. The average Bonchev–Trinajstić information content (AvgIpc) is 2.85. The normalized spacial score (nSPS) is 11.4. The fourth-order valence-corrected chi connectivity index (χ4v) is 1.61. The number of nitrogens with one attached hydrogen (secondary N) is 1. The Morgan fingerprint density at radius 3 is 2.50 bits per heavy atom. The quantitative estimate of drug-likeness (QED) is 0.597. The molecule has 0 saturated heterocycles. The smallest absolute Gasteiger partial charge is 0.129 e. The maximum Gasteiger partial charge on any atom is 0.129 e. The molecule has 0 aromatic carbocycles. The number of hydrogen-bond donors (Lipinski definition) is 1. The minimum absolute atomic E-state index is 0.484. The Hall–Kier alpha value is -0.880. The van der Waals surface area contributed by atoms with Gasteiger partial charge in [-0.1, -0.05) is 13.8 Å². The van der Waals surface area contributed by atoms with Crippen LogP contribution in [0.2, 0.25) is 0 Å². The Morgan fingerprint density at radius 1 is 1.05 bits per heavy atom. The predicted octanol–water partition coefficient (Wildman–Crippen LogP) is 2.20. The summed E-state index contributed by atoms with van der Waals surface area (Å²) in [5, 5.41) is 3.34. The van der Waals surface area contributed by atoms with Crippen LogP contribution in [0.5, 0.6) is 0 Å². The monoisotopic (exact) mass is 285 g/mol. The van der Waals surface area contributed by atoms with E-state index in [1.54, 1.807) is 7.11 Å². The second kappa shape index (κ2) is 10.9. The van der Waals surface area contributed by atoms with Crippen molar-refractivity contribution >= 4 is 0 Å². The van der Waals surface area contributed by atoms with Crippen LogP contribution in [0.1, 0.15) is 25.4 Å². The summed E-state index contributed by atoms with van der Waals surface area (Å²) in [4.78, 5) is 0. The van der Waals surface area contributed by atoms with Gasteiger partial charge in [0.25, 0.3) is 0 Å². The van der Waals surface area contributed by atoms with E-state index in [0.29, 0.717) is 39.0 Å². The number of ether oxygens (including phenoxy) is 3. The molecule has 1 rings (SSSR count). The molecule has 0 fully saturated rings. The molecule has 0 spiro atoms. The highest BCUT2D eigenvalue weighted by molar-refractivity contribution is 5.06. The summed E-state index contributed by atoms with van der Waals surface area (Å²) in [7, 11) is 1.66. The third-order valence-corrected chi connectivity index (χ3v) is 2.62. The van der Waals surface area contributed by atoms with Crippen LogP contribution in [0.3, 0.4) is 0 Å². The van der Waals surface area contributed by atoms with Crippen molar-refractivity contribution in [2.24, 2.45) is 5.92 Å². The number of methoxy groups -OCH3 is 1. The molecular weight excluding hydrogens is 258 g/mol. The Morgan fingerprint density at radius 2 is 1.75 bits per heavy atom. The number of rotatable bonds is 12. The van der Waals surface area contributed by atoms with E-state index in [9.17, 15) is 0 Å². The van der Waals surface area contributed by atoms with E-state index in [0.717, 1.165) is 24.6 Å². The van der Waals surface area contributed by atoms with E-state index in [1.807, 2.05) is 12.1 Å². The molecule has 1 heterocycles. The van der Waals surface area contributed by atoms with Crippen LogP contribution in [-0.4, -0.2) is 40.1 Å². The van der Waals surface area contributed by atoms with Crippen molar-refractivity contribution in [3.63, 3.8) is 0 Å². The predicted molar refractivity (Wildman–Crippen MR) is 77.6 cm³/mol. The maximum atomic E-state index is 5.66. The van der Waals surface area contributed by atoms with Gasteiger partial charge in [-0.3, -0.25) is 0 Å². The van der Waals surface area contributed by atoms with Gasteiger partial charge in [-0.05, 0) is 24.6 Å². The highest BCUT2D eigenvalue weighted by Crippen LogP contribution is 2.09. The molecule has 1 aromatic rings. The van der Waals surface area contributed by atoms with Gasteiger partial charge in [0.05, 0.1) is 33.0 Å². The second-order valence-electron chi connectivity index (χ2n) is 5.05. The van der Waals surface area contributed by atoms with Crippen molar-refractivity contribution in [1.82, 2.24) is 5.32 Å². The molecule has 1 aromatic heterocycles. The highest BCUT2D eigenvalue weighted by Gasteiger charge is 2.02. The summed E-state index contributed by atoms with van der Waals surface area (Å²) in [6.07, 6.45) is 0. The van der Waals surface area contributed by atoms with Crippen LogP contribution in [0, 0.1) is 5.92 Å². The zero-order valence-corrected chi connectivity index (χ0v) is 12.8. The van der Waals surface area contributed by atoms with Crippen LogP contribution in [0.15, 0.2) is 16.5 Å². The van der Waals surface area contributed by atoms with Crippen LogP contribution >= 0.6 is 0 Å². The fraction of sp³-hybridized carbons (Fsp3) is 0.733. The largest absolute Gasteiger partial charge is 0.462 e. The molecular formula is C15H27NO4. The Bertz CT molecular complexity index is 338. The molecule has 0 amide bonds. The Balaban J connectivity index is 2.05. The standard InChI is InChI=1S/C15H27NO4/c1-13(2)10-16-11-14-4-5-15(20-14)12-19-9-8-18-7-6-17-3/h4-5,13,16H,6-12H2,1-3H3.